The first kappa shape index (κ1) is 21.0. The molecule has 10 heteroatoms. The van der Waals surface area contributed by atoms with Gasteiger partial charge in [0, 0.05) is 53.9 Å². The second kappa shape index (κ2) is 8.44. The van der Waals surface area contributed by atoms with Crippen molar-refractivity contribution in [2.45, 2.75) is 36.9 Å². The van der Waals surface area contributed by atoms with Crippen molar-refractivity contribution in [2.24, 2.45) is 0 Å². The highest BCUT2D eigenvalue weighted by molar-refractivity contribution is 9.10. The molecule has 0 spiro atoms. The van der Waals surface area contributed by atoms with Crippen LogP contribution in [0, 0.1) is 5.82 Å². The molecule has 3 aromatic rings. The first-order valence-electron chi connectivity index (χ1n) is 9.40. The number of pyridine rings is 1. The Kier molecular flexibility index (Phi) is 5.90. The molecule has 4 rings (SSSR count). The van der Waals surface area contributed by atoms with Gasteiger partial charge in [-0.1, -0.05) is 0 Å². The van der Waals surface area contributed by atoms with Gasteiger partial charge in [-0.2, -0.15) is 4.31 Å². The minimum Gasteiger partial charge on any atom is -0.443 e. The Morgan fingerprint density at radius 1 is 1.30 bits per heavy atom. The Balaban J connectivity index is 1.45. The lowest BCUT2D eigenvalue weighted by Crippen LogP contribution is -2.38. The van der Waals surface area contributed by atoms with Gasteiger partial charge in [-0.25, -0.2) is 12.8 Å². The van der Waals surface area contributed by atoms with Crippen LogP contribution in [-0.4, -0.2) is 36.2 Å². The molecule has 0 aliphatic carbocycles. The second-order valence-corrected chi connectivity index (χ2v) is 9.89. The number of halogens is 2. The standard InChI is InChI=1S/C20H19BrFN3O4S/c21-15-6-13(10-23-12-15)11-24-19(26)9-17-2-1-5-25(17)30(27,28)20-8-14-7-16(22)3-4-18(14)29-20/h3-4,6-8,10,12,17H,1-2,5,9,11H2,(H,24,26)/t17-/m0/s1. The first-order chi connectivity index (χ1) is 14.3. The van der Waals surface area contributed by atoms with E-state index in [4.69, 9.17) is 4.42 Å². The Morgan fingerprint density at radius 3 is 2.93 bits per heavy atom. The molecule has 1 atom stereocenters. The molecule has 30 heavy (non-hydrogen) atoms. The van der Waals surface area contributed by atoms with Crippen molar-refractivity contribution in [3.8, 4) is 0 Å². The van der Waals surface area contributed by atoms with Gasteiger partial charge in [0.1, 0.15) is 11.4 Å². The zero-order valence-electron chi connectivity index (χ0n) is 15.8. The number of fused-ring (bicyclic) bond motifs is 1. The van der Waals surface area contributed by atoms with Gasteiger partial charge in [0.2, 0.25) is 11.0 Å². The van der Waals surface area contributed by atoms with Crippen LogP contribution in [0.3, 0.4) is 0 Å². The topological polar surface area (TPSA) is 92.5 Å². The van der Waals surface area contributed by atoms with E-state index in [1.807, 2.05) is 6.07 Å². The quantitative estimate of drug-likeness (QED) is 0.563. The molecule has 2 aromatic heterocycles. The fourth-order valence-electron chi connectivity index (χ4n) is 3.60. The lowest BCUT2D eigenvalue weighted by molar-refractivity contribution is -0.122. The Labute approximate surface area is 181 Å². The molecule has 1 fully saturated rings. The molecule has 0 saturated carbocycles. The molecule has 0 radical (unpaired) electrons. The summed E-state index contributed by atoms with van der Waals surface area (Å²) in [6.07, 6.45) is 4.60. The van der Waals surface area contributed by atoms with E-state index in [0.717, 1.165) is 10.0 Å². The molecule has 0 bridgehead atoms. The molecule has 158 valence electrons. The van der Waals surface area contributed by atoms with Crippen molar-refractivity contribution in [1.29, 1.82) is 0 Å². The first-order valence-corrected chi connectivity index (χ1v) is 11.6. The molecule has 1 aromatic carbocycles. The van der Waals surface area contributed by atoms with E-state index >= 15 is 0 Å². The van der Waals surface area contributed by atoms with E-state index < -0.39 is 21.9 Å². The molecule has 0 unspecified atom stereocenters. The van der Waals surface area contributed by atoms with Crippen molar-refractivity contribution in [1.82, 2.24) is 14.6 Å². The van der Waals surface area contributed by atoms with E-state index in [2.05, 4.69) is 26.2 Å². The summed E-state index contributed by atoms with van der Waals surface area (Å²) in [4.78, 5) is 16.5. The van der Waals surface area contributed by atoms with Crippen molar-refractivity contribution >= 4 is 42.8 Å². The maximum atomic E-state index is 13.4. The number of hydrogen-bond acceptors (Lipinski definition) is 5. The van der Waals surface area contributed by atoms with Crippen molar-refractivity contribution in [3.63, 3.8) is 0 Å². The van der Waals surface area contributed by atoms with Crippen LogP contribution < -0.4 is 5.32 Å². The molecule has 3 heterocycles. The number of aromatic nitrogens is 1. The summed E-state index contributed by atoms with van der Waals surface area (Å²) in [5.74, 6) is -0.711. The van der Waals surface area contributed by atoms with Crippen LogP contribution in [0.2, 0.25) is 0 Å². The van der Waals surface area contributed by atoms with E-state index in [9.17, 15) is 17.6 Å². The third-order valence-electron chi connectivity index (χ3n) is 5.01. The van der Waals surface area contributed by atoms with Gasteiger partial charge < -0.3 is 9.73 Å². The summed E-state index contributed by atoms with van der Waals surface area (Å²) in [7, 11) is -3.93. The number of hydrogen-bond donors (Lipinski definition) is 1. The highest BCUT2D eigenvalue weighted by Gasteiger charge is 2.38. The Hall–Kier alpha value is -2.30. The van der Waals surface area contributed by atoms with Crippen molar-refractivity contribution in [3.05, 3.63) is 58.6 Å². The SMILES string of the molecule is O=C(C[C@@H]1CCCN1S(=O)(=O)c1cc2cc(F)ccc2o1)NCc1cncc(Br)c1. The van der Waals surface area contributed by atoms with Gasteiger partial charge in [-0.05, 0) is 58.6 Å². The molecule has 1 aliphatic rings. The second-order valence-electron chi connectivity index (χ2n) is 7.15. The molecule has 1 aliphatic heterocycles. The Bertz CT molecular complexity index is 1200. The molecular formula is C20H19BrFN3O4S. The van der Waals surface area contributed by atoms with Crippen LogP contribution in [0.4, 0.5) is 4.39 Å². The third-order valence-corrected chi connectivity index (χ3v) is 7.26. The number of nitrogens with zero attached hydrogens (tertiary/aromatic N) is 2. The summed E-state index contributed by atoms with van der Waals surface area (Å²) in [5.41, 5.74) is 1.13. The van der Waals surface area contributed by atoms with E-state index in [0.29, 0.717) is 36.9 Å². The Morgan fingerprint density at radius 2 is 2.13 bits per heavy atom. The maximum absolute atomic E-state index is 13.4. The number of carbonyl (C=O) groups is 1. The van der Waals surface area contributed by atoms with Gasteiger partial charge in [-0.3, -0.25) is 9.78 Å². The molecular weight excluding hydrogens is 477 g/mol. The van der Waals surface area contributed by atoms with E-state index in [-0.39, 0.29) is 17.4 Å². The number of sulfonamides is 1. The minimum atomic E-state index is -3.93. The van der Waals surface area contributed by atoms with E-state index in [1.54, 1.807) is 12.4 Å². The van der Waals surface area contributed by atoms with Crippen molar-refractivity contribution in [2.75, 3.05) is 6.54 Å². The van der Waals surface area contributed by atoms with Gasteiger partial charge in [-0.15, -0.1) is 0 Å². The lowest BCUT2D eigenvalue weighted by atomic mass is 10.1. The van der Waals surface area contributed by atoms with E-state index in [1.165, 1.54) is 28.6 Å². The maximum Gasteiger partial charge on any atom is 0.276 e. The summed E-state index contributed by atoms with van der Waals surface area (Å²) in [6.45, 7) is 0.612. The van der Waals surface area contributed by atoms with Crippen LogP contribution in [0.25, 0.3) is 11.0 Å². The predicted octanol–water partition coefficient (Wildman–Crippen LogP) is 3.59. The highest BCUT2D eigenvalue weighted by Crippen LogP contribution is 2.31. The molecule has 1 N–H and O–H groups in total. The number of furan rings is 1. The number of carbonyl (C=O) groups excluding carboxylic acids is 1. The highest BCUT2D eigenvalue weighted by atomic mass is 79.9. The fourth-order valence-corrected chi connectivity index (χ4v) is 5.66. The number of amides is 1. The van der Waals surface area contributed by atoms with Gasteiger partial charge >= 0.3 is 0 Å². The van der Waals surface area contributed by atoms with Crippen LogP contribution in [0.5, 0.6) is 0 Å². The van der Waals surface area contributed by atoms with Gasteiger partial charge in [0.25, 0.3) is 10.0 Å². The number of benzene rings is 1. The zero-order valence-corrected chi connectivity index (χ0v) is 18.2. The average Bonchev–Trinajstić information content (AvgIpc) is 3.33. The molecule has 1 saturated heterocycles. The van der Waals surface area contributed by atoms with Crippen LogP contribution in [0.15, 0.2) is 56.7 Å². The average molecular weight is 496 g/mol. The lowest BCUT2D eigenvalue weighted by Gasteiger charge is -2.22. The van der Waals surface area contributed by atoms with Crippen LogP contribution in [-0.2, 0) is 21.4 Å². The van der Waals surface area contributed by atoms with Crippen molar-refractivity contribution < 1.29 is 22.0 Å². The smallest absolute Gasteiger partial charge is 0.276 e. The summed E-state index contributed by atoms with van der Waals surface area (Å²) in [5, 5.41) is 2.95. The molecule has 7 nitrogen and oxygen atoms in total. The van der Waals surface area contributed by atoms with Crippen LogP contribution >= 0.6 is 15.9 Å². The number of rotatable bonds is 6. The fraction of sp³-hybridized carbons (Fsp3) is 0.300. The zero-order chi connectivity index (χ0) is 21.3. The van der Waals surface area contributed by atoms with Gasteiger partial charge in [0.05, 0.1) is 0 Å². The number of nitrogens with one attached hydrogen (secondary N) is 1. The van der Waals surface area contributed by atoms with Crippen LogP contribution in [0.1, 0.15) is 24.8 Å². The molecule has 1 amide bonds. The monoisotopic (exact) mass is 495 g/mol. The third kappa shape index (κ3) is 4.40. The minimum absolute atomic E-state index is 0.0511. The summed E-state index contributed by atoms with van der Waals surface area (Å²) in [6, 6.07) is 6.55. The normalized spacial score (nSPS) is 17.5. The summed E-state index contributed by atoms with van der Waals surface area (Å²) < 4.78 is 47.2. The summed E-state index contributed by atoms with van der Waals surface area (Å²) >= 11 is 3.33. The largest absolute Gasteiger partial charge is 0.443 e. The predicted molar refractivity (Wildman–Crippen MR) is 111 cm³/mol. The van der Waals surface area contributed by atoms with Gasteiger partial charge in [0.15, 0.2) is 0 Å².